The van der Waals surface area contributed by atoms with Crippen molar-refractivity contribution in [2.45, 2.75) is 71.3 Å². The first kappa shape index (κ1) is 28.5. The fraction of sp³-hybridized carbons (Fsp3) is 0.500. The lowest BCUT2D eigenvalue weighted by Gasteiger charge is -2.50. The molecule has 39 heavy (non-hydrogen) atoms. The topological polar surface area (TPSA) is 101 Å². The molecule has 5 atom stereocenters. The quantitative estimate of drug-likeness (QED) is 0.539. The van der Waals surface area contributed by atoms with Crippen molar-refractivity contribution in [3.8, 4) is 5.75 Å². The first-order valence-electron chi connectivity index (χ1n) is 12.4. The molecular formula is C26H28F5N3O5. The van der Waals surface area contributed by atoms with Gasteiger partial charge in [-0.2, -0.15) is 13.2 Å². The summed E-state index contributed by atoms with van der Waals surface area (Å²) < 4.78 is 75.8. The normalized spacial score (nSPS) is 22.8. The molecule has 2 amide bonds. The molecule has 0 spiro atoms. The highest BCUT2D eigenvalue weighted by Crippen LogP contribution is 2.37. The largest absolute Gasteiger partial charge is 0.503 e. The number of halogens is 5. The number of aromatic nitrogens is 1. The Labute approximate surface area is 220 Å². The number of aromatic hydroxyl groups is 1. The minimum Gasteiger partial charge on any atom is -0.503 e. The summed E-state index contributed by atoms with van der Waals surface area (Å²) in [6, 6.07) is -1.83. The van der Waals surface area contributed by atoms with E-state index in [-0.39, 0.29) is 36.6 Å². The van der Waals surface area contributed by atoms with Crippen LogP contribution in [-0.2, 0) is 11.3 Å². The fourth-order valence-electron chi connectivity index (χ4n) is 5.13. The Balaban J connectivity index is 1.72. The van der Waals surface area contributed by atoms with Gasteiger partial charge in [0, 0.05) is 23.9 Å². The Morgan fingerprint density at radius 2 is 1.85 bits per heavy atom. The van der Waals surface area contributed by atoms with Gasteiger partial charge < -0.3 is 24.6 Å². The standard InChI is InChI=1S/C26H28F5N3O5/c1-11(2)13(4)18-7-12(3)39-19-10-33-9-16(21(35)22(36)20(33)25(38)34(18)19)24(37)32-23(26(29,30)31)15-6-5-14(27)8-17(15)28/h5-6,8-9,11-13,18-19,23,36H,7,10H2,1-4H3,(H,32,37)/t12?,13-,18?,19-,23-/m0/s1. The second kappa shape index (κ2) is 10.2. The fourth-order valence-corrected chi connectivity index (χ4v) is 5.13. The maximum Gasteiger partial charge on any atom is 0.412 e. The molecule has 1 saturated heterocycles. The Hall–Kier alpha value is -3.48. The molecule has 2 unspecified atom stereocenters. The van der Waals surface area contributed by atoms with Crippen LogP contribution in [0.2, 0.25) is 0 Å². The summed E-state index contributed by atoms with van der Waals surface area (Å²) in [5.74, 6) is -5.82. The second-order valence-corrected chi connectivity index (χ2v) is 10.4. The molecule has 2 aliphatic rings. The van der Waals surface area contributed by atoms with Gasteiger partial charge in [0.25, 0.3) is 11.8 Å². The number of hydrogen-bond acceptors (Lipinski definition) is 5. The van der Waals surface area contributed by atoms with Crippen molar-refractivity contribution in [3.05, 3.63) is 63.1 Å². The van der Waals surface area contributed by atoms with E-state index in [1.54, 1.807) is 5.32 Å². The van der Waals surface area contributed by atoms with Crippen molar-refractivity contribution < 1.29 is 41.4 Å². The lowest BCUT2D eigenvalue weighted by molar-refractivity contribution is -0.160. The summed E-state index contributed by atoms with van der Waals surface area (Å²) in [7, 11) is 0. The molecule has 4 rings (SSSR count). The maximum atomic E-state index is 14.2. The van der Waals surface area contributed by atoms with Crippen molar-refractivity contribution in [1.29, 1.82) is 0 Å². The Morgan fingerprint density at radius 1 is 1.18 bits per heavy atom. The minimum atomic E-state index is -5.22. The SMILES string of the molecule is CC1CC([C@@H](C)C(C)C)N2C(=O)c3c(O)c(=O)c(C(=O)N[C@@H](c4ccc(F)cc4F)C(F)(F)F)cn3C[C@@H]2O1. The van der Waals surface area contributed by atoms with Crippen LogP contribution in [-0.4, -0.2) is 50.9 Å². The summed E-state index contributed by atoms with van der Waals surface area (Å²) >= 11 is 0. The van der Waals surface area contributed by atoms with Crippen molar-refractivity contribution in [3.63, 3.8) is 0 Å². The molecule has 0 saturated carbocycles. The van der Waals surface area contributed by atoms with Gasteiger partial charge in [0.2, 0.25) is 5.43 Å². The molecule has 3 heterocycles. The van der Waals surface area contributed by atoms with Gasteiger partial charge in [0.05, 0.1) is 12.6 Å². The molecule has 2 aromatic rings. The number of carbonyl (C=O) groups is 2. The van der Waals surface area contributed by atoms with Gasteiger partial charge in [-0.25, -0.2) is 8.78 Å². The van der Waals surface area contributed by atoms with E-state index in [0.29, 0.717) is 18.6 Å². The van der Waals surface area contributed by atoms with Crippen LogP contribution in [0.4, 0.5) is 22.0 Å². The number of rotatable bonds is 5. The van der Waals surface area contributed by atoms with Crippen LogP contribution in [0.15, 0.2) is 29.2 Å². The molecular weight excluding hydrogens is 529 g/mol. The number of amides is 2. The Bertz CT molecular complexity index is 1360. The number of benzene rings is 1. The van der Waals surface area contributed by atoms with E-state index >= 15 is 0 Å². The highest BCUT2D eigenvalue weighted by molar-refractivity contribution is 5.99. The maximum absolute atomic E-state index is 14.2. The molecule has 0 aliphatic carbocycles. The number of nitrogens with zero attached hydrogens (tertiary/aromatic N) is 2. The highest BCUT2D eigenvalue weighted by Gasteiger charge is 2.47. The van der Waals surface area contributed by atoms with Crippen molar-refractivity contribution in [2.24, 2.45) is 11.8 Å². The average molecular weight is 558 g/mol. The molecule has 1 aromatic heterocycles. The number of pyridine rings is 1. The van der Waals surface area contributed by atoms with Gasteiger partial charge in [0.15, 0.2) is 23.7 Å². The van der Waals surface area contributed by atoms with Gasteiger partial charge in [-0.05, 0) is 31.2 Å². The summed E-state index contributed by atoms with van der Waals surface area (Å²) in [6.45, 7) is 7.72. The van der Waals surface area contributed by atoms with E-state index in [9.17, 15) is 41.4 Å². The summed E-state index contributed by atoms with van der Waals surface area (Å²) in [6.07, 6.45) is -4.87. The van der Waals surface area contributed by atoms with Gasteiger partial charge in [-0.15, -0.1) is 0 Å². The zero-order valence-corrected chi connectivity index (χ0v) is 21.6. The van der Waals surface area contributed by atoms with Gasteiger partial charge >= 0.3 is 6.18 Å². The van der Waals surface area contributed by atoms with Crippen LogP contribution in [0.1, 0.15) is 66.6 Å². The van der Waals surface area contributed by atoms with Gasteiger partial charge in [-0.1, -0.05) is 26.8 Å². The predicted molar refractivity (Wildman–Crippen MR) is 128 cm³/mol. The van der Waals surface area contributed by atoms with Crippen molar-refractivity contribution in [2.75, 3.05) is 0 Å². The number of fused-ring (bicyclic) bond motifs is 2. The van der Waals surface area contributed by atoms with Crippen molar-refractivity contribution >= 4 is 11.8 Å². The van der Waals surface area contributed by atoms with E-state index < -0.39 is 69.9 Å². The van der Waals surface area contributed by atoms with E-state index in [1.807, 2.05) is 27.7 Å². The molecule has 1 fully saturated rings. The highest BCUT2D eigenvalue weighted by atomic mass is 19.4. The molecule has 13 heteroatoms. The lowest BCUT2D eigenvalue weighted by Crippen LogP contribution is -2.61. The predicted octanol–water partition coefficient (Wildman–Crippen LogP) is 4.12. The van der Waals surface area contributed by atoms with Crippen LogP contribution < -0.4 is 10.7 Å². The van der Waals surface area contributed by atoms with Crippen LogP contribution >= 0.6 is 0 Å². The third kappa shape index (κ3) is 5.23. The smallest absolute Gasteiger partial charge is 0.412 e. The zero-order chi connectivity index (χ0) is 29.0. The number of hydrogen-bond donors (Lipinski definition) is 2. The molecule has 1 aromatic carbocycles. The number of carbonyl (C=O) groups excluding carboxylic acids is 2. The van der Waals surface area contributed by atoms with E-state index in [4.69, 9.17) is 4.74 Å². The first-order valence-corrected chi connectivity index (χ1v) is 12.4. The van der Waals surface area contributed by atoms with Crippen LogP contribution in [0.3, 0.4) is 0 Å². The third-order valence-electron chi connectivity index (χ3n) is 7.46. The molecule has 2 N–H and O–H groups in total. The van der Waals surface area contributed by atoms with Gasteiger partial charge in [0.1, 0.15) is 17.2 Å². The first-order chi connectivity index (χ1) is 18.1. The third-order valence-corrected chi connectivity index (χ3v) is 7.46. The zero-order valence-electron chi connectivity index (χ0n) is 21.6. The molecule has 212 valence electrons. The summed E-state index contributed by atoms with van der Waals surface area (Å²) in [5.41, 5.74) is -3.75. The summed E-state index contributed by atoms with van der Waals surface area (Å²) in [5, 5.41) is 12.2. The average Bonchev–Trinajstić information content (AvgIpc) is 2.83. The number of ether oxygens (including phenoxy) is 1. The number of nitrogens with one attached hydrogen (secondary N) is 1. The van der Waals surface area contributed by atoms with Crippen LogP contribution in [0.25, 0.3) is 0 Å². The Morgan fingerprint density at radius 3 is 2.44 bits per heavy atom. The minimum absolute atomic E-state index is 0.0411. The molecule has 2 aliphatic heterocycles. The monoisotopic (exact) mass is 557 g/mol. The van der Waals surface area contributed by atoms with Gasteiger partial charge in [-0.3, -0.25) is 14.4 Å². The van der Waals surface area contributed by atoms with Crippen LogP contribution in [0.5, 0.6) is 5.75 Å². The molecule has 8 nitrogen and oxygen atoms in total. The number of alkyl halides is 3. The Kier molecular flexibility index (Phi) is 7.50. The lowest BCUT2D eigenvalue weighted by atomic mass is 9.84. The van der Waals surface area contributed by atoms with Crippen LogP contribution in [0, 0.1) is 23.5 Å². The van der Waals surface area contributed by atoms with Crippen molar-refractivity contribution in [1.82, 2.24) is 14.8 Å². The second-order valence-electron chi connectivity index (χ2n) is 10.4. The van der Waals surface area contributed by atoms with E-state index in [0.717, 1.165) is 10.8 Å². The van der Waals surface area contributed by atoms with E-state index in [2.05, 4.69) is 0 Å². The summed E-state index contributed by atoms with van der Waals surface area (Å²) in [4.78, 5) is 40.8. The molecule has 0 radical (unpaired) electrons. The van der Waals surface area contributed by atoms with E-state index in [1.165, 1.54) is 4.90 Å². The molecule has 0 bridgehead atoms.